The van der Waals surface area contributed by atoms with Crippen LogP contribution in [0.3, 0.4) is 0 Å². The molecule has 0 spiro atoms. The predicted molar refractivity (Wildman–Crippen MR) is 107 cm³/mol. The summed E-state index contributed by atoms with van der Waals surface area (Å²) in [4.78, 5) is 26.0. The molecule has 3 aromatic rings. The number of para-hydroxylation sites is 1. The third-order valence-electron chi connectivity index (χ3n) is 4.72. The molecule has 0 saturated heterocycles. The van der Waals surface area contributed by atoms with Crippen molar-refractivity contribution in [2.45, 2.75) is 33.1 Å². The SMILES string of the molecule is CCc1cc2c(NCC(=O)N3CCCc4ccccc43)nc(C)nc2s1. The van der Waals surface area contributed by atoms with Gasteiger partial charge in [0.05, 0.1) is 11.9 Å². The second-order valence-electron chi connectivity index (χ2n) is 6.54. The number of nitrogens with zero attached hydrogens (tertiary/aromatic N) is 3. The fourth-order valence-electron chi connectivity index (χ4n) is 3.43. The van der Waals surface area contributed by atoms with Crippen molar-refractivity contribution < 1.29 is 4.79 Å². The fraction of sp³-hybridized carbons (Fsp3) is 0.350. The monoisotopic (exact) mass is 366 g/mol. The Hall–Kier alpha value is -2.47. The van der Waals surface area contributed by atoms with Crippen LogP contribution in [0.25, 0.3) is 10.2 Å². The summed E-state index contributed by atoms with van der Waals surface area (Å²) in [7, 11) is 0. The molecular formula is C20H22N4OS. The van der Waals surface area contributed by atoms with Crippen LogP contribution in [0, 0.1) is 6.92 Å². The van der Waals surface area contributed by atoms with E-state index in [1.165, 1.54) is 10.4 Å². The molecule has 0 aliphatic carbocycles. The number of fused-ring (bicyclic) bond motifs is 2. The summed E-state index contributed by atoms with van der Waals surface area (Å²) < 4.78 is 0. The first-order valence-electron chi connectivity index (χ1n) is 9.05. The summed E-state index contributed by atoms with van der Waals surface area (Å²) in [6.07, 6.45) is 3.01. The number of carbonyl (C=O) groups is 1. The highest BCUT2D eigenvalue weighted by Crippen LogP contribution is 2.30. The highest BCUT2D eigenvalue weighted by atomic mass is 32.1. The summed E-state index contributed by atoms with van der Waals surface area (Å²) >= 11 is 1.69. The highest BCUT2D eigenvalue weighted by molar-refractivity contribution is 7.18. The summed E-state index contributed by atoms with van der Waals surface area (Å²) in [5, 5.41) is 4.26. The minimum atomic E-state index is 0.0764. The van der Waals surface area contributed by atoms with Gasteiger partial charge in [0, 0.05) is 17.1 Å². The van der Waals surface area contributed by atoms with E-state index in [0.717, 1.165) is 53.4 Å². The van der Waals surface area contributed by atoms with Gasteiger partial charge in [-0.25, -0.2) is 9.97 Å². The number of rotatable bonds is 4. The van der Waals surface area contributed by atoms with Crippen molar-refractivity contribution in [1.82, 2.24) is 9.97 Å². The zero-order valence-corrected chi connectivity index (χ0v) is 15.9. The van der Waals surface area contributed by atoms with Crippen molar-refractivity contribution in [3.63, 3.8) is 0 Å². The number of hydrogen-bond donors (Lipinski definition) is 1. The summed E-state index contributed by atoms with van der Waals surface area (Å²) in [5.74, 6) is 1.55. The molecule has 1 N–H and O–H groups in total. The van der Waals surface area contributed by atoms with E-state index < -0.39 is 0 Å². The summed E-state index contributed by atoms with van der Waals surface area (Å²) in [5.41, 5.74) is 2.29. The first-order chi connectivity index (χ1) is 12.7. The number of thiophene rings is 1. The zero-order chi connectivity index (χ0) is 18.1. The second kappa shape index (κ2) is 7.03. The van der Waals surface area contributed by atoms with Gasteiger partial charge < -0.3 is 10.2 Å². The number of amides is 1. The maximum atomic E-state index is 12.8. The van der Waals surface area contributed by atoms with Crippen LogP contribution in [-0.4, -0.2) is 29.0 Å². The maximum absolute atomic E-state index is 12.8. The van der Waals surface area contributed by atoms with Crippen molar-refractivity contribution in [2.24, 2.45) is 0 Å². The van der Waals surface area contributed by atoms with Crippen molar-refractivity contribution in [1.29, 1.82) is 0 Å². The molecule has 0 unspecified atom stereocenters. The molecule has 1 aliphatic rings. The minimum absolute atomic E-state index is 0.0764. The van der Waals surface area contributed by atoms with Crippen LogP contribution in [0.5, 0.6) is 0 Å². The average Bonchev–Trinajstić information content (AvgIpc) is 3.08. The standard InChI is InChI=1S/C20H22N4OS/c1-3-15-11-16-19(22-13(2)23-20(16)26-15)21-12-18(25)24-10-6-8-14-7-4-5-9-17(14)24/h4-5,7,9,11H,3,6,8,10,12H2,1-2H3,(H,21,22,23). The smallest absolute Gasteiger partial charge is 0.246 e. The molecule has 1 aromatic carbocycles. The average molecular weight is 366 g/mol. The normalized spacial score (nSPS) is 13.7. The van der Waals surface area contributed by atoms with E-state index in [-0.39, 0.29) is 12.5 Å². The molecule has 6 heteroatoms. The second-order valence-corrected chi connectivity index (χ2v) is 7.65. The van der Waals surface area contributed by atoms with E-state index in [2.05, 4.69) is 34.3 Å². The molecule has 1 amide bonds. The Morgan fingerprint density at radius 3 is 3.00 bits per heavy atom. The number of aryl methyl sites for hydroxylation is 3. The van der Waals surface area contributed by atoms with Crippen LogP contribution < -0.4 is 10.2 Å². The number of anilines is 2. The lowest BCUT2D eigenvalue weighted by molar-refractivity contribution is -0.117. The van der Waals surface area contributed by atoms with Crippen molar-refractivity contribution >= 4 is 39.0 Å². The van der Waals surface area contributed by atoms with Gasteiger partial charge in [0.1, 0.15) is 16.5 Å². The Balaban J connectivity index is 1.55. The van der Waals surface area contributed by atoms with E-state index in [4.69, 9.17) is 0 Å². The van der Waals surface area contributed by atoms with Gasteiger partial charge in [0.15, 0.2) is 0 Å². The molecule has 2 aromatic heterocycles. The van der Waals surface area contributed by atoms with E-state index in [1.807, 2.05) is 30.0 Å². The van der Waals surface area contributed by atoms with Gasteiger partial charge in [-0.2, -0.15) is 0 Å². The van der Waals surface area contributed by atoms with Gasteiger partial charge in [0.2, 0.25) is 5.91 Å². The third-order valence-corrected chi connectivity index (χ3v) is 5.90. The topological polar surface area (TPSA) is 58.1 Å². The molecule has 4 rings (SSSR count). The number of hydrogen-bond acceptors (Lipinski definition) is 5. The Morgan fingerprint density at radius 2 is 2.15 bits per heavy atom. The Morgan fingerprint density at radius 1 is 1.31 bits per heavy atom. The highest BCUT2D eigenvalue weighted by Gasteiger charge is 2.22. The Labute approximate surface area is 157 Å². The number of benzene rings is 1. The van der Waals surface area contributed by atoms with Gasteiger partial charge in [-0.3, -0.25) is 4.79 Å². The van der Waals surface area contributed by atoms with Gasteiger partial charge in [0.25, 0.3) is 0 Å². The number of nitrogens with one attached hydrogen (secondary N) is 1. The minimum Gasteiger partial charge on any atom is -0.360 e. The third kappa shape index (κ3) is 3.17. The molecule has 0 atom stereocenters. The van der Waals surface area contributed by atoms with Crippen molar-refractivity contribution in [3.05, 3.63) is 46.6 Å². The van der Waals surface area contributed by atoms with Gasteiger partial charge in [-0.05, 0) is 43.9 Å². The van der Waals surface area contributed by atoms with Gasteiger partial charge in [-0.15, -0.1) is 11.3 Å². The summed E-state index contributed by atoms with van der Waals surface area (Å²) in [6.45, 7) is 5.03. The molecule has 0 fully saturated rings. The molecule has 0 bridgehead atoms. The van der Waals surface area contributed by atoms with Crippen LogP contribution in [0.15, 0.2) is 30.3 Å². The lowest BCUT2D eigenvalue weighted by atomic mass is 10.0. The molecular weight excluding hydrogens is 344 g/mol. The summed E-state index contributed by atoms with van der Waals surface area (Å²) in [6, 6.07) is 10.3. The molecule has 0 saturated carbocycles. The van der Waals surface area contributed by atoms with Crippen LogP contribution >= 0.6 is 11.3 Å². The maximum Gasteiger partial charge on any atom is 0.246 e. The van der Waals surface area contributed by atoms with E-state index in [9.17, 15) is 4.79 Å². The lowest BCUT2D eigenvalue weighted by Crippen LogP contribution is -2.39. The quantitative estimate of drug-likeness (QED) is 0.759. The molecule has 1 aliphatic heterocycles. The molecule has 134 valence electrons. The van der Waals surface area contributed by atoms with Gasteiger partial charge >= 0.3 is 0 Å². The molecule has 5 nitrogen and oxygen atoms in total. The van der Waals surface area contributed by atoms with Crippen molar-refractivity contribution in [2.75, 3.05) is 23.3 Å². The van der Waals surface area contributed by atoms with E-state index in [1.54, 1.807) is 11.3 Å². The first-order valence-corrected chi connectivity index (χ1v) is 9.86. The predicted octanol–water partition coefficient (Wildman–Crippen LogP) is 3.95. The zero-order valence-electron chi connectivity index (χ0n) is 15.1. The lowest BCUT2D eigenvalue weighted by Gasteiger charge is -2.29. The molecule has 3 heterocycles. The fourth-order valence-corrected chi connectivity index (χ4v) is 4.45. The van der Waals surface area contributed by atoms with Gasteiger partial charge in [-0.1, -0.05) is 25.1 Å². The van der Waals surface area contributed by atoms with Crippen LogP contribution in [0.4, 0.5) is 11.5 Å². The molecule has 0 radical (unpaired) electrons. The number of carbonyl (C=O) groups excluding carboxylic acids is 1. The van der Waals surface area contributed by atoms with Crippen LogP contribution in [0.2, 0.25) is 0 Å². The van der Waals surface area contributed by atoms with E-state index in [0.29, 0.717) is 0 Å². The largest absolute Gasteiger partial charge is 0.360 e. The van der Waals surface area contributed by atoms with Crippen molar-refractivity contribution in [3.8, 4) is 0 Å². The molecule has 26 heavy (non-hydrogen) atoms. The Kier molecular flexibility index (Phi) is 4.59. The Bertz CT molecular complexity index is 966. The van der Waals surface area contributed by atoms with Crippen LogP contribution in [0.1, 0.15) is 29.6 Å². The first kappa shape index (κ1) is 17.0. The number of aromatic nitrogens is 2. The van der Waals surface area contributed by atoms with Crippen LogP contribution in [-0.2, 0) is 17.6 Å². The van der Waals surface area contributed by atoms with E-state index >= 15 is 0 Å².